The first-order valence-electron chi connectivity index (χ1n) is 12.7. The fraction of sp³-hybridized carbons (Fsp3) is 0.462. The van der Waals surface area contributed by atoms with Crippen LogP contribution >= 0.6 is 0 Å². The van der Waals surface area contributed by atoms with Crippen LogP contribution in [0, 0.1) is 5.92 Å². The van der Waals surface area contributed by atoms with E-state index in [0.29, 0.717) is 22.4 Å². The maximum absolute atomic E-state index is 13.4. The number of aliphatic hydroxyl groups is 1. The molecule has 2 amide bonds. The van der Waals surface area contributed by atoms with Gasteiger partial charge in [-0.1, -0.05) is 0 Å². The zero-order valence-corrected chi connectivity index (χ0v) is 20.6. The van der Waals surface area contributed by atoms with Crippen molar-refractivity contribution in [1.29, 1.82) is 0 Å². The molecule has 3 aromatic rings. The number of nitrogen functional groups attached to an aromatic ring is 1. The van der Waals surface area contributed by atoms with E-state index in [4.69, 9.17) is 5.73 Å². The van der Waals surface area contributed by atoms with Crippen molar-refractivity contribution in [2.24, 2.45) is 5.92 Å². The molecule has 2 fully saturated rings. The van der Waals surface area contributed by atoms with Gasteiger partial charge in [0.2, 0.25) is 0 Å². The normalized spacial score (nSPS) is 19.1. The molecule has 0 saturated heterocycles. The number of halogens is 3. The van der Waals surface area contributed by atoms with Crippen molar-refractivity contribution in [1.82, 2.24) is 24.8 Å². The Labute approximate surface area is 215 Å². The van der Waals surface area contributed by atoms with E-state index in [2.05, 4.69) is 15.4 Å². The van der Waals surface area contributed by atoms with E-state index in [1.807, 2.05) is 6.07 Å². The average molecular weight is 529 g/mol. The molecule has 2 aliphatic carbocycles. The molecule has 12 heteroatoms. The number of anilines is 1. The van der Waals surface area contributed by atoms with E-state index >= 15 is 0 Å². The second-order valence-electron chi connectivity index (χ2n) is 10.5. The third kappa shape index (κ3) is 4.16. The Kier molecular flexibility index (Phi) is 5.64. The molecule has 2 aromatic heterocycles. The number of rotatable bonds is 7. The summed E-state index contributed by atoms with van der Waals surface area (Å²) >= 11 is 0. The van der Waals surface area contributed by atoms with Crippen molar-refractivity contribution in [3.05, 3.63) is 46.6 Å². The van der Waals surface area contributed by atoms with Crippen LogP contribution in [0.25, 0.3) is 16.9 Å². The molecule has 1 aliphatic heterocycles. The molecule has 3 aliphatic rings. The van der Waals surface area contributed by atoms with Crippen LogP contribution in [-0.4, -0.2) is 61.3 Å². The summed E-state index contributed by atoms with van der Waals surface area (Å²) in [6, 6.07) is 2.94. The molecule has 0 spiro atoms. The molecule has 0 unspecified atom stereocenters. The van der Waals surface area contributed by atoms with Gasteiger partial charge < -0.3 is 21.1 Å². The minimum absolute atomic E-state index is 0.00497. The molecule has 200 valence electrons. The number of carbonyl (C=O) groups excluding carboxylic acids is 2. The highest BCUT2D eigenvalue weighted by atomic mass is 19.4. The molecular weight excluding hydrogens is 501 g/mol. The number of nitrogens with two attached hydrogens (primary N) is 1. The predicted molar refractivity (Wildman–Crippen MR) is 131 cm³/mol. The number of aromatic nitrogens is 3. The summed E-state index contributed by atoms with van der Waals surface area (Å²) in [6.07, 6.45) is 0.674. The number of nitrogens with zero attached hydrogens (tertiary/aromatic N) is 4. The van der Waals surface area contributed by atoms with Crippen molar-refractivity contribution >= 4 is 23.3 Å². The van der Waals surface area contributed by atoms with E-state index < -0.39 is 24.0 Å². The van der Waals surface area contributed by atoms with Crippen molar-refractivity contribution in [3.63, 3.8) is 0 Å². The number of alkyl halides is 3. The number of aliphatic hydroxyl groups excluding tert-OH is 1. The van der Waals surface area contributed by atoms with Crippen LogP contribution in [0.4, 0.5) is 19.0 Å². The maximum Gasteiger partial charge on any atom is 0.408 e. The highest BCUT2D eigenvalue weighted by Gasteiger charge is 2.46. The lowest BCUT2D eigenvalue weighted by molar-refractivity contribution is -0.172. The number of benzene rings is 1. The summed E-state index contributed by atoms with van der Waals surface area (Å²) in [5.41, 5.74) is 9.13. The molecule has 0 bridgehead atoms. The number of fused-ring (bicyclic) bond motifs is 2. The van der Waals surface area contributed by atoms with Gasteiger partial charge in [0.25, 0.3) is 11.8 Å². The van der Waals surface area contributed by atoms with Gasteiger partial charge >= 0.3 is 6.18 Å². The third-order valence-electron chi connectivity index (χ3n) is 7.76. The first kappa shape index (κ1) is 24.7. The zero-order valence-electron chi connectivity index (χ0n) is 20.6. The second-order valence-corrected chi connectivity index (χ2v) is 10.5. The van der Waals surface area contributed by atoms with E-state index in [0.717, 1.165) is 43.1 Å². The Morgan fingerprint density at radius 1 is 1.26 bits per heavy atom. The lowest BCUT2D eigenvalue weighted by Gasteiger charge is -2.26. The Hall–Kier alpha value is -3.67. The summed E-state index contributed by atoms with van der Waals surface area (Å²) < 4.78 is 41.7. The standard InChI is InChI=1S/C26H27F3N6O3/c1-12(26(27,28)29)34-10-16-8-15(9-17(13-2-3-13)20(16)25(34)38)18-6-7-35-23(31-18)21(22(30)33-35)24(37)32-19(11-36)14-4-5-14/h6-9,12-14,19,36H,2-5,10-11H2,1H3,(H2,30,33)(H,32,37)/t12-,19-/m0/s1. The van der Waals surface area contributed by atoms with Gasteiger partial charge in [-0.25, -0.2) is 9.50 Å². The summed E-state index contributed by atoms with van der Waals surface area (Å²) in [4.78, 5) is 31.7. The van der Waals surface area contributed by atoms with Crippen molar-refractivity contribution in [2.75, 3.05) is 12.3 Å². The van der Waals surface area contributed by atoms with Crippen molar-refractivity contribution < 1.29 is 27.9 Å². The molecule has 4 N–H and O–H groups in total. The topological polar surface area (TPSA) is 126 Å². The number of carbonyl (C=O) groups is 2. The van der Waals surface area contributed by atoms with Crippen LogP contribution in [0.2, 0.25) is 0 Å². The van der Waals surface area contributed by atoms with E-state index in [1.54, 1.807) is 18.3 Å². The molecule has 6 rings (SSSR count). The van der Waals surface area contributed by atoms with Gasteiger partial charge in [-0.2, -0.15) is 13.2 Å². The monoisotopic (exact) mass is 528 g/mol. The lowest BCUT2D eigenvalue weighted by atomic mass is 9.95. The third-order valence-corrected chi connectivity index (χ3v) is 7.76. The molecule has 3 heterocycles. The van der Waals surface area contributed by atoms with Crippen LogP contribution in [-0.2, 0) is 6.54 Å². The first-order chi connectivity index (χ1) is 18.1. The highest BCUT2D eigenvalue weighted by molar-refractivity contribution is 6.04. The highest BCUT2D eigenvalue weighted by Crippen LogP contribution is 2.46. The molecule has 1 aromatic carbocycles. The molecule has 38 heavy (non-hydrogen) atoms. The number of hydrogen-bond donors (Lipinski definition) is 3. The van der Waals surface area contributed by atoms with Gasteiger partial charge in [-0.15, -0.1) is 5.10 Å². The average Bonchev–Trinajstić information content (AvgIpc) is 3.80. The summed E-state index contributed by atoms with van der Waals surface area (Å²) in [5, 5.41) is 16.7. The van der Waals surface area contributed by atoms with Crippen molar-refractivity contribution in [3.8, 4) is 11.3 Å². The molecule has 2 saturated carbocycles. The van der Waals surface area contributed by atoms with Crippen LogP contribution in [0.1, 0.15) is 70.4 Å². The summed E-state index contributed by atoms with van der Waals surface area (Å²) in [7, 11) is 0. The minimum Gasteiger partial charge on any atom is -0.394 e. The van der Waals surface area contributed by atoms with Crippen LogP contribution in [0.3, 0.4) is 0 Å². The zero-order chi connectivity index (χ0) is 26.9. The molecular formula is C26H27F3N6O3. The SMILES string of the molecule is C[C@H](N1Cc2cc(-c3ccn4nc(N)c(C(=O)N[C@@H](CO)C5CC5)c4n3)cc(C3CC3)c2C1=O)C(F)(F)F. The van der Waals surface area contributed by atoms with Gasteiger partial charge in [0.05, 0.1) is 18.3 Å². The summed E-state index contributed by atoms with van der Waals surface area (Å²) in [5.74, 6) is -0.747. The second kappa shape index (κ2) is 8.69. The number of nitrogens with one attached hydrogen (secondary N) is 1. The Balaban J connectivity index is 1.39. The Bertz CT molecular complexity index is 1460. The molecule has 2 atom stereocenters. The largest absolute Gasteiger partial charge is 0.408 e. The Morgan fingerprint density at radius 2 is 2.00 bits per heavy atom. The van der Waals surface area contributed by atoms with Gasteiger partial charge in [0.1, 0.15) is 11.6 Å². The summed E-state index contributed by atoms with van der Waals surface area (Å²) in [6.45, 7) is 0.676. The smallest absolute Gasteiger partial charge is 0.394 e. The van der Waals surface area contributed by atoms with E-state index in [-0.39, 0.29) is 48.1 Å². The van der Waals surface area contributed by atoms with Crippen LogP contribution in [0.15, 0.2) is 24.4 Å². The van der Waals surface area contributed by atoms with E-state index in [9.17, 15) is 27.9 Å². The maximum atomic E-state index is 13.4. The number of hydrogen-bond acceptors (Lipinski definition) is 6. The minimum atomic E-state index is -4.53. The fourth-order valence-electron chi connectivity index (χ4n) is 5.24. The van der Waals surface area contributed by atoms with Gasteiger partial charge in [0, 0.05) is 23.9 Å². The Morgan fingerprint density at radius 3 is 2.63 bits per heavy atom. The molecule has 0 radical (unpaired) electrons. The van der Waals surface area contributed by atoms with Crippen LogP contribution in [0.5, 0.6) is 0 Å². The fourth-order valence-corrected chi connectivity index (χ4v) is 5.24. The molecule has 9 nitrogen and oxygen atoms in total. The van der Waals surface area contributed by atoms with Crippen LogP contribution < -0.4 is 11.1 Å². The lowest BCUT2D eigenvalue weighted by Crippen LogP contribution is -2.43. The number of amides is 2. The van der Waals surface area contributed by atoms with E-state index in [1.165, 1.54) is 4.52 Å². The van der Waals surface area contributed by atoms with Gasteiger partial charge in [-0.3, -0.25) is 9.59 Å². The van der Waals surface area contributed by atoms with Gasteiger partial charge in [-0.05, 0) is 73.8 Å². The predicted octanol–water partition coefficient (Wildman–Crippen LogP) is 3.26. The van der Waals surface area contributed by atoms with Crippen molar-refractivity contribution in [2.45, 2.75) is 63.3 Å². The van der Waals surface area contributed by atoms with Gasteiger partial charge in [0.15, 0.2) is 11.5 Å². The quantitative estimate of drug-likeness (QED) is 0.432. The first-order valence-corrected chi connectivity index (χ1v) is 12.7.